The van der Waals surface area contributed by atoms with E-state index in [-0.39, 0.29) is 11.5 Å². The lowest BCUT2D eigenvalue weighted by atomic mass is 10.1. The molecule has 0 atom stereocenters. The maximum absolute atomic E-state index is 12.8. The van der Waals surface area contributed by atoms with Crippen LogP contribution < -0.4 is 18.9 Å². The number of carbonyl (C=O) groups is 1. The van der Waals surface area contributed by atoms with Crippen molar-refractivity contribution >= 4 is 35.1 Å². The zero-order valence-corrected chi connectivity index (χ0v) is 18.3. The molecule has 0 amide bonds. The molecule has 1 aliphatic rings. The predicted molar refractivity (Wildman–Crippen MR) is 120 cm³/mol. The lowest BCUT2D eigenvalue weighted by Gasteiger charge is -2.08. The molecule has 0 aromatic heterocycles. The number of Topliss-reactive ketones (excluding diaryl/α,β-unsaturated/α-hetero) is 1. The molecule has 0 saturated heterocycles. The average Bonchev–Trinajstić information content (AvgIpc) is 3.09. The molecule has 158 valence electrons. The number of halogens is 2. The van der Waals surface area contributed by atoms with Gasteiger partial charge in [0.1, 0.15) is 29.6 Å². The van der Waals surface area contributed by atoms with Crippen molar-refractivity contribution in [2.75, 3.05) is 14.2 Å². The largest absolute Gasteiger partial charge is 0.497 e. The SMILES string of the molecule is COc1ccc(OC)c(C=C2Oc3cc(OCc4ccc(Cl)c(Cl)c4)ccc3C2=O)c1. The van der Waals surface area contributed by atoms with Crippen molar-refractivity contribution in [1.82, 2.24) is 0 Å². The summed E-state index contributed by atoms with van der Waals surface area (Å²) in [5, 5.41) is 0.954. The fraction of sp³-hybridized carbons (Fsp3) is 0.125. The number of allylic oxidation sites excluding steroid dienone is 1. The van der Waals surface area contributed by atoms with Crippen LogP contribution in [0, 0.1) is 0 Å². The van der Waals surface area contributed by atoms with Gasteiger partial charge in [-0.15, -0.1) is 0 Å². The minimum atomic E-state index is -0.212. The normalized spacial score (nSPS) is 13.7. The zero-order chi connectivity index (χ0) is 22.0. The molecule has 0 bridgehead atoms. The first-order valence-corrected chi connectivity index (χ1v) is 10.1. The number of fused-ring (bicyclic) bond motifs is 1. The molecule has 1 aliphatic heterocycles. The lowest BCUT2D eigenvalue weighted by molar-refractivity contribution is 0.101. The maximum Gasteiger partial charge on any atom is 0.231 e. The second kappa shape index (κ2) is 8.92. The highest BCUT2D eigenvalue weighted by molar-refractivity contribution is 6.42. The van der Waals surface area contributed by atoms with Crippen molar-refractivity contribution in [2.45, 2.75) is 6.61 Å². The number of methoxy groups -OCH3 is 2. The third-order valence-corrected chi connectivity index (χ3v) is 5.49. The van der Waals surface area contributed by atoms with E-state index in [1.54, 1.807) is 68.8 Å². The Bertz CT molecular complexity index is 1190. The van der Waals surface area contributed by atoms with Gasteiger partial charge < -0.3 is 18.9 Å². The number of ketones is 1. The molecular formula is C24H18Cl2O5. The molecule has 0 fully saturated rings. The van der Waals surface area contributed by atoms with E-state index in [4.69, 9.17) is 42.1 Å². The third kappa shape index (κ3) is 4.48. The summed E-state index contributed by atoms with van der Waals surface area (Å²) in [7, 11) is 3.14. The van der Waals surface area contributed by atoms with Crippen molar-refractivity contribution in [3.05, 3.63) is 87.1 Å². The molecule has 0 aliphatic carbocycles. The summed E-state index contributed by atoms with van der Waals surface area (Å²) >= 11 is 12.0. The summed E-state index contributed by atoms with van der Waals surface area (Å²) in [5.74, 6) is 2.24. The second-order valence-corrected chi connectivity index (χ2v) is 7.56. The van der Waals surface area contributed by atoms with E-state index in [0.29, 0.717) is 50.8 Å². The van der Waals surface area contributed by atoms with E-state index in [0.717, 1.165) is 5.56 Å². The Morgan fingerprint density at radius 1 is 0.903 bits per heavy atom. The van der Waals surface area contributed by atoms with Gasteiger partial charge in [-0.3, -0.25) is 4.79 Å². The lowest BCUT2D eigenvalue weighted by Crippen LogP contribution is -1.99. The van der Waals surface area contributed by atoms with Crippen molar-refractivity contribution in [1.29, 1.82) is 0 Å². The minimum Gasteiger partial charge on any atom is -0.497 e. The van der Waals surface area contributed by atoms with E-state index in [1.807, 2.05) is 6.07 Å². The Balaban J connectivity index is 1.54. The third-order valence-electron chi connectivity index (χ3n) is 4.75. The number of benzene rings is 3. The van der Waals surface area contributed by atoms with Gasteiger partial charge in [-0.05, 0) is 54.1 Å². The quantitative estimate of drug-likeness (QED) is 0.412. The van der Waals surface area contributed by atoms with Gasteiger partial charge >= 0.3 is 0 Å². The van der Waals surface area contributed by atoms with Crippen LogP contribution in [0.5, 0.6) is 23.0 Å². The Morgan fingerprint density at radius 2 is 1.71 bits per heavy atom. The van der Waals surface area contributed by atoms with Crippen molar-refractivity contribution < 1.29 is 23.7 Å². The summed E-state index contributed by atoms with van der Waals surface area (Å²) < 4.78 is 22.3. The molecule has 0 N–H and O–H groups in total. The first-order chi connectivity index (χ1) is 15.0. The Hall–Kier alpha value is -3.15. The van der Waals surface area contributed by atoms with Gasteiger partial charge in [0.05, 0.1) is 29.8 Å². The summed E-state index contributed by atoms with van der Waals surface area (Å²) in [6, 6.07) is 15.7. The van der Waals surface area contributed by atoms with E-state index in [9.17, 15) is 4.79 Å². The van der Waals surface area contributed by atoms with Crippen LogP contribution in [0.15, 0.2) is 60.4 Å². The zero-order valence-electron chi connectivity index (χ0n) is 16.8. The van der Waals surface area contributed by atoms with Crippen molar-refractivity contribution in [2.24, 2.45) is 0 Å². The molecule has 0 unspecified atom stereocenters. The molecule has 0 radical (unpaired) electrons. The van der Waals surface area contributed by atoms with Gasteiger partial charge in [0.25, 0.3) is 0 Å². The Kier molecular flexibility index (Phi) is 6.07. The van der Waals surface area contributed by atoms with Crippen LogP contribution in [0.3, 0.4) is 0 Å². The molecular weight excluding hydrogens is 439 g/mol. The summed E-state index contributed by atoms with van der Waals surface area (Å²) in [6.45, 7) is 0.299. The van der Waals surface area contributed by atoms with Crippen LogP contribution >= 0.6 is 23.2 Å². The fourth-order valence-corrected chi connectivity index (χ4v) is 3.47. The highest BCUT2D eigenvalue weighted by Gasteiger charge is 2.28. The van der Waals surface area contributed by atoms with Crippen LogP contribution in [0.25, 0.3) is 6.08 Å². The van der Waals surface area contributed by atoms with Gasteiger partial charge in [0.15, 0.2) is 5.76 Å². The van der Waals surface area contributed by atoms with Crippen molar-refractivity contribution in [3.8, 4) is 23.0 Å². The summed E-state index contributed by atoms with van der Waals surface area (Å²) in [5.41, 5.74) is 2.02. The minimum absolute atomic E-state index is 0.197. The summed E-state index contributed by atoms with van der Waals surface area (Å²) in [6.07, 6.45) is 1.64. The standard InChI is InChI=1S/C24H18Cl2O5/c1-28-16-5-8-21(29-2)15(10-16)11-23-24(27)18-6-4-17(12-22(18)31-23)30-13-14-3-7-19(25)20(26)9-14/h3-12H,13H2,1-2H3. The maximum atomic E-state index is 12.8. The van der Waals surface area contributed by atoms with Crippen LogP contribution in [0.2, 0.25) is 10.0 Å². The van der Waals surface area contributed by atoms with Crippen LogP contribution in [-0.4, -0.2) is 20.0 Å². The predicted octanol–water partition coefficient (Wildman–Crippen LogP) is 6.21. The molecule has 1 heterocycles. The molecule has 31 heavy (non-hydrogen) atoms. The molecule has 0 saturated carbocycles. The molecule has 5 nitrogen and oxygen atoms in total. The fourth-order valence-electron chi connectivity index (χ4n) is 3.15. The van der Waals surface area contributed by atoms with Gasteiger partial charge in [0, 0.05) is 11.6 Å². The average molecular weight is 457 g/mol. The highest BCUT2D eigenvalue weighted by Crippen LogP contribution is 2.36. The molecule has 7 heteroatoms. The molecule has 3 aromatic carbocycles. The van der Waals surface area contributed by atoms with Gasteiger partial charge in [-0.2, -0.15) is 0 Å². The number of rotatable bonds is 6. The first kappa shape index (κ1) is 21.1. The monoisotopic (exact) mass is 456 g/mol. The Morgan fingerprint density at radius 3 is 2.45 bits per heavy atom. The van der Waals surface area contributed by atoms with Gasteiger partial charge in [-0.25, -0.2) is 0 Å². The summed E-state index contributed by atoms with van der Waals surface area (Å²) in [4.78, 5) is 12.8. The molecule has 0 spiro atoms. The van der Waals surface area contributed by atoms with E-state index < -0.39 is 0 Å². The highest BCUT2D eigenvalue weighted by atomic mass is 35.5. The van der Waals surface area contributed by atoms with Gasteiger partial charge in [0.2, 0.25) is 5.78 Å². The molecule has 4 rings (SSSR count). The number of carbonyl (C=O) groups excluding carboxylic acids is 1. The molecule has 3 aromatic rings. The van der Waals surface area contributed by atoms with Crippen molar-refractivity contribution in [3.63, 3.8) is 0 Å². The van der Waals surface area contributed by atoms with E-state index in [2.05, 4.69) is 0 Å². The topological polar surface area (TPSA) is 54.0 Å². The number of ether oxygens (including phenoxy) is 4. The smallest absolute Gasteiger partial charge is 0.231 e. The first-order valence-electron chi connectivity index (χ1n) is 9.35. The van der Waals surface area contributed by atoms with Crippen LogP contribution in [0.4, 0.5) is 0 Å². The van der Waals surface area contributed by atoms with Gasteiger partial charge in [-0.1, -0.05) is 29.3 Å². The van der Waals surface area contributed by atoms with Crippen LogP contribution in [0.1, 0.15) is 21.5 Å². The second-order valence-electron chi connectivity index (χ2n) is 6.74. The van der Waals surface area contributed by atoms with E-state index >= 15 is 0 Å². The van der Waals surface area contributed by atoms with Crippen LogP contribution in [-0.2, 0) is 6.61 Å². The number of hydrogen-bond acceptors (Lipinski definition) is 5. The Labute approximate surface area is 189 Å². The van der Waals surface area contributed by atoms with E-state index in [1.165, 1.54) is 0 Å². The number of hydrogen-bond donors (Lipinski definition) is 0.